The first kappa shape index (κ1) is 37.0. The topological polar surface area (TPSA) is 111 Å². The number of aromatic nitrogens is 1. The normalized spacial score (nSPS) is 31.4. The standard InChI is InChI=1S/C43H54N4O6S/c1-28-10-14-37-30(19-28)8-6-17-43(37)26-47-23-32-11-13-36(32)39(52-4)9-5-7-29(2)25-54(50,44-41(48)31-12-15-40(53-27-43)38(47)21-31)45-42(49)33-20-34-22-35(51-3)16-18-46(34)24-33/h5,9-10,12,14-15,19-21,24,29,32,35-36,39H,6-8,11,13,16-18,22-23,25-27H2,1-4H3,(H,44,45,48,49,50)/b9-5+/t29-,32-,35?,36+,39-,43-,54?/m0/s1. The van der Waals surface area contributed by atoms with Crippen molar-refractivity contribution in [2.45, 2.75) is 89.4 Å². The first-order chi connectivity index (χ1) is 26.0. The van der Waals surface area contributed by atoms with Crippen molar-refractivity contribution in [3.63, 3.8) is 0 Å². The predicted octanol–water partition coefficient (Wildman–Crippen LogP) is 6.82. The summed E-state index contributed by atoms with van der Waals surface area (Å²) in [7, 11) is -0.0397. The maximum Gasteiger partial charge on any atom is 0.286 e. The van der Waals surface area contributed by atoms with Gasteiger partial charge in [-0.15, -0.1) is 4.36 Å². The lowest BCUT2D eigenvalue weighted by molar-refractivity contribution is 0.0131. The molecule has 2 aliphatic carbocycles. The minimum absolute atomic E-state index is 0.0272. The van der Waals surface area contributed by atoms with E-state index in [1.807, 2.05) is 29.7 Å². The average Bonchev–Trinajstić information content (AvgIpc) is 3.51. The van der Waals surface area contributed by atoms with E-state index in [-0.39, 0.29) is 29.3 Å². The van der Waals surface area contributed by atoms with Crippen LogP contribution in [0.15, 0.2) is 65.2 Å². The highest BCUT2D eigenvalue weighted by atomic mass is 32.2. The number of rotatable bonds is 4. The molecule has 1 saturated carbocycles. The fourth-order valence-corrected chi connectivity index (χ4v) is 11.5. The summed E-state index contributed by atoms with van der Waals surface area (Å²) in [5, 5.41) is 0. The molecule has 10 nitrogen and oxygen atoms in total. The number of carbonyl (C=O) groups is 2. The molecule has 2 bridgehead atoms. The molecule has 2 aromatic carbocycles. The van der Waals surface area contributed by atoms with Gasteiger partial charge in [0.2, 0.25) is 0 Å². The molecule has 2 amide bonds. The first-order valence-corrected chi connectivity index (χ1v) is 21.4. The van der Waals surface area contributed by atoms with Crippen LogP contribution in [0.1, 0.15) is 88.5 Å². The number of benzene rings is 2. The number of ether oxygens (including phenoxy) is 3. The van der Waals surface area contributed by atoms with Gasteiger partial charge in [0.1, 0.15) is 15.7 Å². The Bertz CT molecular complexity index is 2080. The van der Waals surface area contributed by atoms with Crippen molar-refractivity contribution >= 4 is 27.4 Å². The monoisotopic (exact) mass is 754 g/mol. The SMILES string of the molecule is COC1CCn2cc(C(=O)NS3(=O)=NC(=O)c4ccc5c(c4)N(C[C@@H]4CC[C@H]4[C@@H](OC)/C=C/C[C@H](C)C3)C[C@@]3(CCCc4cc(C)ccc43)CO5)cc2C1. The lowest BCUT2D eigenvalue weighted by Gasteiger charge is -2.46. The van der Waals surface area contributed by atoms with E-state index in [0.717, 1.165) is 75.3 Å². The highest BCUT2D eigenvalue weighted by molar-refractivity contribution is 7.92. The molecule has 1 spiro atoms. The Morgan fingerprint density at radius 2 is 1.96 bits per heavy atom. The number of anilines is 1. The maximum absolute atomic E-state index is 14.8. The Morgan fingerprint density at radius 3 is 2.76 bits per heavy atom. The van der Waals surface area contributed by atoms with Gasteiger partial charge in [0.25, 0.3) is 11.8 Å². The number of amides is 2. The number of carbonyl (C=O) groups excluding carboxylic acids is 2. The Kier molecular flexibility index (Phi) is 10.3. The second-order valence-corrected chi connectivity index (χ2v) is 18.5. The number of nitrogens with zero attached hydrogens (tertiary/aromatic N) is 3. The molecule has 3 aliphatic heterocycles. The van der Waals surface area contributed by atoms with Crippen molar-refractivity contribution in [3.8, 4) is 5.75 Å². The Morgan fingerprint density at radius 1 is 1.09 bits per heavy atom. The number of allylic oxidation sites excluding steroid dienone is 1. The largest absolute Gasteiger partial charge is 0.490 e. The van der Waals surface area contributed by atoms with Crippen LogP contribution in [-0.4, -0.2) is 72.5 Å². The molecule has 2 unspecified atom stereocenters. The summed E-state index contributed by atoms with van der Waals surface area (Å²) in [6.07, 6.45) is 13.6. The first-order valence-electron chi connectivity index (χ1n) is 19.7. The minimum atomic E-state index is -3.53. The second-order valence-electron chi connectivity index (χ2n) is 16.5. The number of nitrogens with one attached hydrogen (secondary N) is 1. The Balaban J connectivity index is 1.17. The Labute approximate surface area is 319 Å². The third-order valence-electron chi connectivity index (χ3n) is 12.7. The van der Waals surface area contributed by atoms with Crippen LogP contribution in [0, 0.1) is 24.7 Å². The van der Waals surface area contributed by atoms with E-state index in [9.17, 15) is 13.8 Å². The van der Waals surface area contributed by atoms with Crippen LogP contribution in [0.4, 0.5) is 5.69 Å². The highest BCUT2D eigenvalue weighted by Gasteiger charge is 2.44. The Hall–Kier alpha value is -3.93. The smallest absolute Gasteiger partial charge is 0.286 e. The fraction of sp³-hybridized carbons (Fsp3) is 0.535. The zero-order valence-corrected chi connectivity index (χ0v) is 32.9. The van der Waals surface area contributed by atoms with E-state index in [4.69, 9.17) is 14.2 Å². The zero-order chi connectivity index (χ0) is 37.6. The van der Waals surface area contributed by atoms with Gasteiger partial charge in [-0.3, -0.25) is 14.3 Å². The van der Waals surface area contributed by atoms with Gasteiger partial charge in [-0.2, -0.15) is 0 Å². The summed E-state index contributed by atoms with van der Waals surface area (Å²) in [6, 6.07) is 14.1. The fourth-order valence-electron chi connectivity index (χ4n) is 9.61. The second kappa shape index (κ2) is 15.0. The molecule has 1 aromatic heterocycles. The van der Waals surface area contributed by atoms with Crippen LogP contribution in [-0.2, 0) is 44.2 Å². The summed E-state index contributed by atoms with van der Waals surface area (Å²) in [5.74, 6) is 0.276. The van der Waals surface area contributed by atoms with Gasteiger partial charge in [0.05, 0.1) is 35.8 Å². The van der Waals surface area contributed by atoms with E-state index in [0.29, 0.717) is 42.4 Å². The van der Waals surface area contributed by atoms with Gasteiger partial charge in [0, 0.05) is 63.1 Å². The van der Waals surface area contributed by atoms with Crippen molar-refractivity contribution in [2.75, 3.05) is 44.6 Å². The minimum Gasteiger partial charge on any atom is -0.490 e. The summed E-state index contributed by atoms with van der Waals surface area (Å²) in [6.45, 7) is 6.99. The third kappa shape index (κ3) is 7.27. The van der Waals surface area contributed by atoms with Crippen molar-refractivity contribution in [1.82, 2.24) is 9.29 Å². The molecule has 7 atom stereocenters. The quantitative estimate of drug-likeness (QED) is 0.291. The molecule has 11 heteroatoms. The van der Waals surface area contributed by atoms with Crippen LogP contribution in [0.5, 0.6) is 5.75 Å². The summed E-state index contributed by atoms with van der Waals surface area (Å²) in [4.78, 5) is 30.3. The lowest BCUT2D eigenvalue weighted by atomic mass is 9.68. The van der Waals surface area contributed by atoms with Gasteiger partial charge in [-0.05, 0) is 105 Å². The van der Waals surface area contributed by atoms with Crippen molar-refractivity contribution in [1.29, 1.82) is 0 Å². The van der Waals surface area contributed by atoms with Gasteiger partial charge < -0.3 is 23.7 Å². The van der Waals surface area contributed by atoms with Gasteiger partial charge in [-0.25, -0.2) is 4.21 Å². The number of hydrogen-bond acceptors (Lipinski definition) is 7. The number of aryl methyl sites for hydroxylation is 3. The molecule has 4 heterocycles. The van der Waals surface area contributed by atoms with Crippen LogP contribution < -0.4 is 14.4 Å². The van der Waals surface area contributed by atoms with E-state index >= 15 is 0 Å². The van der Waals surface area contributed by atoms with Crippen molar-refractivity contribution in [3.05, 3.63) is 94.3 Å². The molecule has 0 saturated heterocycles. The molecule has 54 heavy (non-hydrogen) atoms. The van der Waals surface area contributed by atoms with Crippen molar-refractivity contribution < 1.29 is 28.0 Å². The lowest BCUT2D eigenvalue weighted by Crippen LogP contribution is -2.49. The number of methoxy groups -OCH3 is 2. The molecule has 8 rings (SSSR count). The summed E-state index contributed by atoms with van der Waals surface area (Å²) in [5.41, 5.74) is 6.40. The van der Waals surface area contributed by atoms with Gasteiger partial charge in [-0.1, -0.05) is 42.8 Å². The molecule has 3 aromatic rings. The van der Waals surface area contributed by atoms with Crippen LogP contribution in [0.3, 0.4) is 0 Å². The molecule has 1 N–H and O–H groups in total. The van der Waals surface area contributed by atoms with Gasteiger partial charge >= 0.3 is 0 Å². The summed E-state index contributed by atoms with van der Waals surface area (Å²) >= 11 is 0. The number of hydrogen-bond donors (Lipinski definition) is 1. The third-order valence-corrected chi connectivity index (χ3v) is 14.7. The van der Waals surface area contributed by atoms with Crippen LogP contribution in [0.25, 0.3) is 0 Å². The van der Waals surface area contributed by atoms with Gasteiger partial charge in [0.15, 0.2) is 0 Å². The highest BCUT2D eigenvalue weighted by Crippen LogP contribution is 2.47. The van der Waals surface area contributed by atoms with Crippen LogP contribution >= 0.6 is 0 Å². The van der Waals surface area contributed by atoms with E-state index < -0.39 is 21.7 Å². The average molecular weight is 755 g/mol. The molecule has 0 radical (unpaired) electrons. The van der Waals surface area contributed by atoms with E-state index in [2.05, 4.69) is 51.3 Å². The maximum atomic E-state index is 14.8. The number of fused-ring (bicyclic) bond motifs is 5. The molecular formula is C43H54N4O6S. The molecule has 1 fully saturated rings. The molecule has 5 aliphatic rings. The van der Waals surface area contributed by atoms with Crippen molar-refractivity contribution in [2.24, 2.45) is 22.1 Å². The molecular weight excluding hydrogens is 701 g/mol. The predicted molar refractivity (Wildman–Crippen MR) is 211 cm³/mol. The molecule has 288 valence electrons. The summed E-state index contributed by atoms with van der Waals surface area (Å²) < 4.78 is 42.3. The van der Waals surface area contributed by atoms with E-state index in [1.54, 1.807) is 26.5 Å². The van der Waals surface area contributed by atoms with E-state index in [1.165, 1.54) is 16.7 Å². The zero-order valence-electron chi connectivity index (χ0n) is 32.1. The van der Waals surface area contributed by atoms with Crippen LogP contribution in [0.2, 0.25) is 0 Å².